The van der Waals surface area contributed by atoms with Crippen molar-refractivity contribution in [2.75, 3.05) is 11.5 Å². The smallest absolute Gasteiger partial charge is 0.298 e. The minimum Gasteiger partial charge on any atom is -0.490 e. The van der Waals surface area contributed by atoms with E-state index >= 15 is 0 Å². The molecule has 1 saturated heterocycles. The molecule has 9 heteroatoms. The van der Waals surface area contributed by atoms with E-state index in [0.717, 1.165) is 22.2 Å². The highest BCUT2D eigenvalue weighted by atomic mass is 79.9. The molecule has 1 fully saturated rings. The Kier molecular flexibility index (Phi) is 7.60. The van der Waals surface area contributed by atoms with Gasteiger partial charge in [0.05, 0.1) is 21.7 Å². The Balaban J connectivity index is 1.60. The molecule has 0 aliphatic carbocycles. The first-order valence-electron chi connectivity index (χ1n) is 10.2. The Morgan fingerprint density at radius 1 is 1.09 bits per heavy atom. The van der Waals surface area contributed by atoms with Crippen LogP contribution in [0.1, 0.15) is 18.1 Å². The van der Waals surface area contributed by atoms with Gasteiger partial charge in [-0.1, -0.05) is 29.8 Å². The molecule has 5 nitrogen and oxygen atoms in total. The van der Waals surface area contributed by atoms with Crippen molar-refractivity contribution in [1.82, 2.24) is 0 Å². The molecule has 1 aliphatic rings. The lowest BCUT2D eigenvalue weighted by Gasteiger charge is -2.15. The van der Waals surface area contributed by atoms with E-state index in [0.29, 0.717) is 38.9 Å². The zero-order valence-corrected chi connectivity index (χ0v) is 21.0. The molecule has 4 rings (SSSR count). The molecular weight excluding hydrogens is 545 g/mol. The number of imide groups is 1. The summed E-state index contributed by atoms with van der Waals surface area (Å²) in [5.74, 6) is 0.210. The fraction of sp³-hybridized carbons (Fsp3) is 0.120. The van der Waals surface area contributed by atoms with Gasteiger partial charge in [-0.25, -0.2) is 9.29 Å². The molecule has 174 valence electrons. The lowest BCUT2D eigenvalue weighted by Crippen LogP contribution is -2.27. The Morgan fingerprint density at radius 2 is 1.85 bits per heavy atom. The number of hydrogen-bond donors (Lipinski definition) is 0. The van der Waals surface area contributed by atoms with E-state index in [1.165, 1.54) is 12.1 Å². The second-order valence-electron chi connectivity index (χ2n) is 7.18. The summed E-state index contributed by atoms with van der Waals surface area (Å²) in [5, 5.41) is 0.0314. The van der Waals surface area contributed by atoms with Gasteiger partial charge in [-0.05, 0) is 94.3 Å². The predicted molar refractivity (Wildman–Crippen MR) is 136 cm³/mol. The minimum absolute atomic E-state index is 0.219. The van der Waals surface area contributed by atoms with Gasteiger partial charge in [-0.15, -0.1) is 0 Å². The van der Waals surface area contributed by atoms with E-state index in [1.807, 2.05) is 6.92 Å². The van der Waals surface area contributed by atoms with Gasteiger partial charge in [0.1, 0.15) is 12.4 Å². The molecule has 2 amide bonds. The Morgan fingerprint density at radius 3 is 2.56 bits per heavy atom. The monoisotopic (exact) mass is 561 g/mol. The first-order chi connectivity index (χ1) is 16.4. The summed E-state index contributed by atoms with van der Waals surface area (Å²) in [5.41, 5.74) is 1.87. The van der Waals surface area contributed by atoms with Crippen molar-refractivity contribution in [3.05, 3.63) is 92.0 Å². The molecule has 0 unspecified atom stereocenters. The fourth-order valence-corrected chi connectivity index (χ4v) is 4.87. The number of halogens is 3. The van der Waals surface area contributed by atoms with Crippen LogP contribution in [-0.2, 0) is 11.4 Å². The number of nitrogens with zero attached hydrogens (tertiary/aromatic N) is 1. The highest BCUT2D eigenvalue weighted by molar-refractivity contribution is 9.10. The van der Waals surface area contributed by atoms with E-state index < -0.39 is 11.1 Å². The molecule has 1 aliphatic heterocycles. The minimum atomic E-state index is -0.428. The molecule has 3 aromatic rings. The second-order valence-corrected chi connectivity index (χ2v) is 9.46. The van der Waals surface area contributed by atoms with Gasteiger partial charge >= 0.3 is 0 Å². The third-order valence-electron chi connectivity index (χ3n) is 4.79. The molecule has 0 spiro atoms. The van der Waals surface area contributed by atoms with Crippen molar-refractivity contribution in [2.45, 2.75) is 13.5 Å². The van der Waals surface area contributed by atoms with Crippen molar-refractivity contribution in [3.63, 3.8) is 0 Å². The number of hydrogen-bond acceptors (Lipinski definition) is 5. The van der Waals surface area contributed by atoms with Crippen LogP contribution in [0.4, 0.5) is 14.9 Å². The maximum atomic E-state index is 13.2. The predicted octanol–water partition coefficient (Wildman–Crippen LogP) is 7.46. The molecule has 0 atom stereocenters. The van der Waals surface area contributed by atoms with Crippen LogP contribution in [0.25, 0.3) is 6.08 Å². The van der Waals surface area contributed by atoms with Gasteiger partial charge < -0.3 is 9.47 Å². The number of carbonyl (C=O) groups excluding carboxylic acids is 2. The standard InChI is InChI=1S/C25H18BrClFNO4S/c1-2-32-21-11-16(10-20(26)23(21)33-14-15-6-8-18(28)9-7-15)12-22-24(30)29(25(31)34-22)19-5-3-4-17(27)13-19/h3-13H,2,14H2,1H3/b22-12+. The van der Waals surface area contributed by atoms with E-state index in [4.69, 9.17) is 21.1 Å². The van der Waals surface area contributed by atoms with Crippen LogP contribution < -0.4 is 14.4 Å². The van der Waals surface area contributed by atoms with Gasteiger partial charge in [0.2, 0.25) is 0 Å². The fourth-order valence-electron chi connectivity index (χ4n) is 3.27. The lowest BCUT2D eigenvalue weighted by atomic mass is 10.1. The van der Waals surface area contributed by atoms with Crippen LogP contribution in [0.15, 0.2) is 70.0 Å². The number of benzene rings is 3. The third kappa shape index (κ3) is 5.46. The zero-order chi connectivity index (χ0) is 24.2. The van der Waals surface area contributed by atoms with Gasteiger partial charge in [0.25, 0.3) is 11.1 Å². The SMILES string of the molecule is CCOc1cc(/C=C2/SC(=O)N(c3cccc(Cl)c3)C2=O)cc(Br)c1OCc1ccc(F)cc1. The first-order valence-corrected chi connectivity index (χ1v) is 12.2. The highest BCUT2D eigenvalue weighted by Crippen LogP contribution is 2.40. The topological polar surface area (TPSA) is 55.8 Å². The van der Waals surface area contributed by atoms with Crippen molar-refractivity contribution < 1.29 is 23.5 Å². The van der Waals surface area contributed by atoms with Crippen LogP contribution in [0, 0.1) is 5.82 Å². The van der Waals surface area contributed by atoms with Gasteiger partial charge in [-0.2, -0.15) is 0 Å². The summed E-state index contributed by atoms with van der Waals surface area (Å²) in [6.45, 7) is 2.46. The number of thioether (sulfide) groups is 1. The summed E-state index contributed by atoms with van der Waals surface area (Å²) in [6, 6.07) is 16.1. The van der Waals surface area contributed by atoms with Crippen LogP contribution in [-0.4, -0.2) is 17.8 Å². The van der Waals surface area contributed by atoms with Crippen LogP contribution >= 0.6 is 39.3 Å². The summed E-state index contributed by atoms with van der Waals surface area (Å²) >= 11 is 10.4. The average Bonchev–Trinajstić information content (AvgIpc) is 3.07. The van der Waals surface area contributed by atoms with E-state index in [1.54, 1.807) is 54.6 Å². The van der Waals surface area contributed by atoms with Gasteiger partial charge in [0, 0.05) is 5.02 Å². The quantitative estimate of drug-likeness (QED) is 0.280. The Labute approximate surface area is 213 Å². The number of carbonyl (C=O) groups is 2. The van der Waals surface area contributed by atoms with Gasteiger partial charge in [-0.3, -0.25) is 9.59 Å². The first kappa shape index (κ1) is 24.3. The number of rotatable bonds is 7. The molecule has 0 N–H and O–H groups in total. The summed E-state index contributed by atoms with van der Waals surface area (Å²) in [4.78, 5) is 26.9. The average molecular weight is 563 g/mol. The van der Waals surface area contributed by atoms with Crippen molar-refractivity contribution in [3.8, 4) is 11.5 Å². The van der Waals surface area contributed by atoms with Crippen molar-refractivity contribution in [1.29, 1.82) is 0 Å². The maximum Gasteiger partial charge on any atom is 0.298 e. The maximum absolute atomic E-state index is 13.2. The number of ether oxygens (including phenoxy) is 2. The molecule has 34 heavy (non-hydrogen) atoms. The highest BCUT2D eigenvalue weighted by Gasteiger charge is 2.36. The molecule has 3 aromatic carbocycles. The Bertz CT molecular complexity index is 1280. The van der Waals surface area contributed by atoms with Crippen LogP contribution in [0.2, 0.25) is 5.02 Å². The summed E-state index contributed by atoms with van der Waals surface area (Å²) in [7, 11) is 0. The van der Waals surface area contributed by atoms with Crippen molar-refractivity contribution in [2.24, 2.45) is 0 Å². The van der Waals surface area contributed by atoms with E-state index in [2.05, 4.69) is 15.9 Å². The van der Waals surface area contributed by atoms with Crippen molar-refractivity contribution >= 4 is 62.2 Å². The largest absolute Gasteiger partial charge is 0.490 e. The molecule has 0 aromatic heterocycles. The summed E-state index contributed by atoms with van der Waals surface area (Å²) < 4.78 is 25.5. The van der Waals surface area contributed by atoms with Crippen LogP contribution in [0.3, 0.4) is 0 Å². The van der Waals surface area contributed by atoms with E-state index in [9.17, 15) is 14.0 Å². The number of anilines is 1. The van der Waals surface area contributed by atoms with E-state index in [-0.39, 0.29) is 17.3 Å². The summed E-state index contributed by atoms with van der Waals surface area (Å²) in [6.07, 6.45) is 1.63. The second kappa shape index (κ2) is 10.6. The molecule has 0 radical (unpaired) electrons. The van der Waals surface area contributed by atoms with Gasteiger partial charge in [0.15, 0.2) is 11.5 Å². The number of amides is 2. The van der Waals surface area contributed by atoms with Crippen LogP contribution in [0.5, 0.6) is 11.5 Å². The molecule has 1 heterocycles. The molecule has 0 saturated carbocycles. The molecular formula is C25H18BrClFNO4S. The normalized spacial score (nSPS) is 14.7. The zero-order valence-electron chi connectivity index (χ0n) is 17.9. The lowest BCUT2D eigenvalue weighted by molar-refractivity contribution is -0.113. The third-order valence-corrected chi connectivity index (χ3v) is 6.48. The molecule has 0 bridgehead atoms. The Hall–Kier alpha value is -2.81.